The molecule has 21 heavy (non-hydrogen) atoms. The molecule has 0 spiro atoms. The Morgan fingerprint density at radius 2 is 1.95 bits per heavy atom. The fraction of sp³-hybridized carbons (Fsp3) is 0.400. The molecule has 0 radical (unpaired) electrons. The summed E-state index contributed by atoms with van der Waals surface area (Å²) in [6, 6.07) is 10.5. The van der Waals surface area contributed by atoms with Gasteiger partial charge in [-0.15, -0.1) is 0 Å². The predicted octanol–water partition coefficient (Wildman–Crippen LogP) is 2.08. The lowest BCUT2D eigenvalue weighted by Gasteiger charge is -2.29. The topological polar surface area (TPSA) is 84.6 Å². The summed E-state index contributed by atoms with van der Waals surface area (Å²) < 4.78 is 0. The molecule has 1 aliphatic rings. The number of carboxylic acid groups (broad SMARTS) is 1. The molecule has 6 nitrogen and oxygen atoms in total. The minimum Gasteiger partial charge on any atom is -0.480 e. The van der Waals surface area contributed by atoms with Crippen LogP contribution in [0.5, 0.6) is 0 Å². The lowest BCUT2D eigenvalue weighted by Crippen LogP contribution is -2.47. The van der Waals surface area contributed by atoms with Gasteiger partial charge in [0.25, 0.3) is 0 Å². The van der Waals surface area contributed by atoms with Gasteiger partial charge in [0.1, 0.15) is 6.54 Å². The zero-order chi connectivity index (χ0) is 15.2. The zero-order valence-corrected chi connectivity index (χ0v) is 11.6. The van der Waals surface area contributed by atoms with Crippen molar-refractivity contribution in [3.63, 3.8) is 0 Å². The van der Waals surface area contributed by atoms with Crippen LogP contribution < -0.4 is 4.90 Å². The summed E-state index contributed by atoms with van der Waals surface area (Å²) in [5, 5.41) is 17.7. The minimum atomic E-state index is -1.07. The molecule has 0 unspecified atom stereocenters. The summed E-state index contributed by atoms with van der Waals surface area (Å²) in [6.07, 6.45) is 2.07. The number of amides is 2. The first-order valence-electron chi connectivity index (χ1n) is 6.85. The van der Waals surface area contributed by atoms with E-state index >= 15 is 0 Å². The van der Waals surface area contributed by atoms with E-state index in [1.54, 1.807) is 35.2 Å². The second-order valence-electron chi connectivity index (χ2n) is 4.93. The molecule has 0 aliphatic heterocycles. The van der Waals surface area contributed by atoms with Crippen molar-refractivity contribution < 1.29 is 14.7 Å². The van der Waals surface area contributed by atoms with Crippen LogP contribution in [0, 0.1) is 11.3 Å². The second kappa shape index (κ2) is 6.75. The van der Waals surface area contributed by atoms with Crippen molar-refractivity contribution in [1.82, 2.24) is 4.90 Å². The third-order valence-electron chi connectivity index (χ3n) is 3.29. The van der Waals surface area contributed by atoms with Gasteiger partial charge in [0.15, 0.2) is 0 Å². The molecule has 1 fully saturated rings. The highest BCUT2D eigenvalue weighted by Gasteiger charge is 2.35. The molecule has 1 aliphatic carbocycles. The third kappa shape index (κ3) is 3.96. The number of hydrogen-bond acceptors (Lipinski definition) is 3. The van der Waals surface area contributed by atoms with Gasteiger partial charge in [0.05, 0.1) is 12.5 Å². The van der Waals surface area contributed by atoms with E-state index in [0.717, 1.165) is 12.8 Å². The molecular weight excluding hydrogens is 270 g/mol. The molecule has 6 heteroatoms. The maximum absolute atomic E-state index is 12.6. The maximum Gasteiger partial charge on any atom is 0.325 e. The van der Waals surface area contributed by atoms with Gasteiger partial charge < -0.3 is 10.0 Å². The van der Waals surface area contributed by atoms with Crippen molar-refractivity contribution in [2.75, 3.05) is 18.0 Å². The van der Waals surface area contributed by atoms with Crippen LogP contribution in [0.3, 0.4) is 0 Å². The molecule has 0 atom stereocenters. The highest BCUT2D eigenvalue weighted by Crippen LogP contribution is 2.29. The van der Waals surface area contributed by atoms with Crippen LogP contribution in [0.4, 0.5) is 10.5 Å². The van der Waals surface area contributed by atoms with Gasteiger partial charge in [-0.05, 0) is 25.0 Å². The first-order chi connectivity index (χ1) is 10.1. The van der Waals surface area contributed by atoms with E-state index in [1.165, 1.54) is 4.90 Å². The fourth-order valence-corrected chi connectivity index (χ4v) is 2.16. The Morgan fingerprint density at radius 1 is 1.29 bits per heavy atom. The Labute approximate surface area is 123 Å². The molecule has 2 amide bonds. The molecule has 0 bridgehead atoms. The average molecular weight is 287 g/mol. The Bertz CT molecular complexity index is 549. The lowest BCUT2D eigenvalue weighted by atomic mass is 10.3. The largest absolute Gasteiger partial charge is 0.480 e. The number of nitrogens with zero attached hydrogens (tertiary/aromatic N) is 3. The summed E-state index contributed by atoms with van der Waals surface area (Å²) in [5.41, 5.74) is 0.549. The minimum absolute atomic E-state index is 0.130. The van der Waals surface area contributed by atoms with Crippen molar-refractivity contribution in [3.8, 4) is 6.07 Å². The number of anilines is 1. The monoisotopic (exact) mass is 287 g/mol. The van der Waals surface area contributed by atoms with Crippen LogP contribution in [0.1, 0.15) is 19.3 Å². The molecule has 1 N–H and O–H groups in total. The van der Waals surface area contributed by atoms with Crippen LogP contribution in [-0.2, 0) is 4.79 Å². The number of rotatable bonds is 6. The van der Waals surface area contributed by atoms with Crippen molar-refractivity contribution in [1.29, 1.82) is 5.26 Å². The van der Waals surface area contributed by atoms with Gasteiger partial charge in [-0.25, -0.2) is 4.79 Å². The summed E-state index contributed by atoms with van der Waals surface area (Å²) in [4.78, 5) is 26.5. The van der Waals surface area contributed by atoms with Crippen LogP contribution in [-0.4, -0.2) is 41.1 Å². The van der Waals surface area contributed by atoms with E-state index in [9.17, 15) is 9.59 Å². The standard InChI is InChI=1S/C15H17N3O3/c16-9-4-10-17(13-7-8-13)15(21)18(11-14(19)20)12-5-2-1-3-6-12/h1-3,5-6,13H,4,7-8,10-11H2,(H,19,20). The van der Waals surface area contributed by atoms with Gasteiger partial charge in [0.2, 0.25) is 0 Å². The normalized spacial score (nSPS) is 13.3. The summed E-state index contributed by atoms with van der Waals surface area (Å²) in [5.74, 6) is -1.07. The van der Waals surface area contributed by atoms with Crippen LogP contribution in [0.15, 0.2) is 30.3 Å². The summed E-state index contributed by atoms with van der Waals surface area (Å²) in [7, 11) is 0. The number of urea groups is 1. The number of para-hydroxylation sites is 1. The molecule has 1 saturated carbocycles. The van der Waals surface area contributed by atoms with E-state index in [2.05, 4.69) is 0 Å². The van der Waals surface area contributed by atoms with E-state index in [1.807, 2.05) is 6.07 Å². The van der Waals surface area contributed by atoms with Crippen molar-refractivity contribution in [3.05, 3.63) is 30.3 Å². The first-order valence-corrected chi connectivity index (χ1v) is 6.85. The summed E-state index contributed by atoms with van der Waals surface area (Å²) >= 11 is 0. The molecule has 0 heterocycles. The Kier molecular flexibility index (Phi) is 4.77. The second-order valence-corrected chi connectivity index (χ2v) is 4.93. The van der Waals surface area contributed by atoms with E-state index in [-0.39, 0.29) is 18.5 Å². The number of hydrogen-bond donors (Lipinski definition) is 1. The van der Waals surface area contributed by atoms with E-state index in [4.69, 9.17) is 10.4 Å². The van der Waals surface area contributed by atoms with Crippen molar-refractivity contribution >= 4 is 17.7 Å². The van der Waals surface area contributed by atoms with Crippen molar-refractivity contribution in [2.24, 2.45) is 0 Å². The van der Waals surface area contributed by atoms with Crippen LogP contribution in [0.25, 0.3) is 0 Å². The molecular formula is C15H17N3O3. The highest BCUT2D eigenvalue weighted by molar-refractivity contribution is 5.96. The predicted molar refractivity (Wildman–Crippen MR) is 76.8 cm³/mol. The molecule has 0 aromatic heterocycles. The van der Waals surface area contributed by atoms with Crippen LogP contribution >= 0.6 is 0 Å². The SMILES string of the molecule is N#CCCN(C(=O)N(CC(=O)O)c1ccccc1)C1CC1. The number of nitriles is 1. The highest BCUT2D eigenvalue weighted by atomic mass is 16.4. The van der Waals surface area contributed by atoms with Gasteiger partial charge in [-0.2, -0.15) is 5.26 Å². The molecule has 1 aromatic rings. The zero-order valence-electron chi connectivity index (χ0n) is 11.6. The van der Waals surface area contributed by atoms with Gasteiger partial charge >= 0.3 is 12.0 Å². The number of aliphatic carboxylic acids is 1. The summed E-state index contributed by atoms with van der Waals surface area (Å²) in [6.45, 7) is -0.0540. The fourth-order valence-electron chi connectivity index (χ4n) is 2.16. The van der Waals surface area contributed by atoms with E-state index in [0.29, 0.717) is 12.2 Å². The van der Waals surface area contributed by atoms with Gasteiger partial charge in [-0.1, -0.05) is 18.2 Å². The number of carboxylic acids is 1. The Morgan fingerprint density at radius 3 is 2.48 bits per heavy atom. The van der Waals surface area contributed by atoms with Crippen molar-refractivity contribution in [2.45, 2.75) is 25.3 Å². The van der Waals surface area contributed by atoms with E-state index < -0.39 is 12.5 Å². The van der Waals surface area contributed by atoms with Gasteiger partial charge in [-0.3, -0.25) is 9.69 Å². The lowest BCUT2D eigenvalue weighted by molar-refractivity contribution is -0.135. The van der Waals surface area contributed by atoms with Crippen LogP contribution in [0.2, 0.25) is 0 Å². The molecule has 2 rings (SSSR count). The smallest absolute Gasteiger partial charge is 0.325 e. The quantitative estimate of drug-likeness (QED) is 0.868. The maximum atomic E-state index is 12.6. The average Bonchev–Trinajstić information content (AvgIpc) is 3.30. The third-order valence-corrected chi connectivity index (χ3v) is 3.29. The molecule has 0 saturated heterocycles. The first kappa shape index (κ1) is 14.9. The number of carbonyl (C=O) groups is 2. The number of benzene rings is 1. The number of carbonyl (C=O) groups excluding carboxylic acids is 1. The Hall–Kier alpha value is -2.55. The Balaban J connectivity index is 2.20. The molecule has 110 valence electrons. The van der Waals surface area contributed by atoms with Gasteiger partial charge in [0, 0.05) is 18.3 Å². The molecule has 1 aromatic carbocycles.